The molecule has 1 N–H and O–H groups in total. The summed E-state index contributed by atoms with van der Waals surface area (Å²) in [5.41, 5.74) is 0.174. The molecule has 3 nitrogen and oxygen atoms in total. The lowest BCUT2D eigenvalue weighted by molar-refractivity contribution is -0.119. The molecule has 0 spiro atoms. The third kappa shape index (κ3) is 2.93. The minimum absolute atomic E-state index is 0.107. The first-order valence-electron chi connectivity index (χ1n) is 5.30. The van der Waals surface area contributed by atoms with Crippen molar-refractivity contribution in [3.63, 3.8) is 0 Å². The normalized spacial score (nSPS) is 18.5. The van der Waals surface area contributed by atoms with E-state index in [1.807, 2.05) is 0 Å². The van der Waals surface area contributed by atoms with Gasteiger partial charge in [0.15, 0.2) is 0 Å². The van der Waals surface area contributed by atoms with Crippen LogP contribution in [0.5, 0.6) is 5.75 Å². The predicted octanol–water partition coefficient (Wildman–Crippen LogP) is 2.81. The summed E-state index contributed by atoms with van der Waals surface area (Å²) in [7, 11) is 0. The molecule has 0 heterocycles. The number of hydrogen-bond acceptors (Lipinski definition) is 2. The summed E-state index contributed by atoms with van der Waals surface area (Å²) in [6, 6.07) is 5.90. The zero-order chi connectivity index (χ0) is 12.5. The molecule has 2 rings (SSSR count). The van der Waals surface area contributed by atoms with Crippen LogP contribution in [0.4, 0.5) is 8.78 Å². The summed E-state index contributed by atoms with van der Waals surface area (Å²) in [6.07, 6.45) is -0.250. The molecule has 1 fully saturated rings. The van der Waals surface area contributed by atoms with Crippen molar-refractivity contribution in [2.24, 2.45) is 5.92 Å². The fourth-order valence-electron chi connectivity index (χ4n) is 1.81. The molecule has 0 aliphatic heterocycles. The second-order valence-corrected chi connectivity index (χ2v) is 4.27. The van der Waals surface area contributed by atoms with Gasteiger partial charge in [0.1, 0.15) is 5.75 Å². The van der Waals surface area contributed by atoms with E-state index in [0.29, 0.717) is 5.75 Å². The average molecular weight is 242 g/mol. The number of benzene rings is 1. The van der Waals surface area contributed by atoms with Crippen LogP contribution in [0, 0.1) is 5.92 Å². The van der Waals surface area contributed by atoms with E-state index in [-0.39, 0.29) is 30.9 Å². The van der Waals surface area contributed by atoms with Crippen molar-refractivity contribution in [2.75, 3.05) is 6.61 Å². The Balaban J connectivity index is 1.82. The average Bonchev–Trinajstić information content (AvgIpc) is 2.24. The molecule has 0 radical (unpaired) electrons. The minimum atomic E-state index is -2.53. The van der Waals surface area contributed by atoms with Crippen LogP contribution >= 0.6 is 0 Å². The van der Waals surface area contributed by atoms with Crippen molar-refractivity contribution in [1.82, 2.24) is 0 Å². The van der Waals surface area contributed by atoms with Gasteiger partial charge in [-0.25, -0.2) is 13.6 Å². The van der Waals surface area contributed by atoms with Gasteiger partial charge in [-0.05, 0) is 24.3 Å². The smallest absolute Gasteiger partial charge is 0.335 e. The Bertz CT molecular complexity index is 406. The zero-order valence-corrected chi connectivity index (χ0v) is 9.03. The van der Waals surface area contributed by atoms with Crippen molar-refractivity contribution in [2.45, 2.75) is 18.8 Å². The minimum Gasteiger partial charge on any atom is -0.493 e. The number of carboxylic acid groups (broad SMARTS) is 1. The van der Waals surface area contributed by atoms with Gasteiger partial charge in [-0.2, -0.15) is 0 Å². The molecule has 0 saturated heterocycles. The maximum Gasteiger partial charge on any atom is 0.335 e. The number of carboxylic acids is 1. The number of hydrogen-bond donors (Lipinski definition) is 1. The first-order valence-corrected chi connectivity index (χ1v) is 5.30. The number of ether oxygens (including phenoxy) is 1. The Kier molecular flexibility index (Phi) is 3.00. The lowest BCUT2D eigenvalue weighted by Gasteiger charge is -2.34. The maximum atomic E-state index is 12.5. The van der Waals surface area contributed by atoms with Gasteiger partial charge in [-0.1, -0.05) is 0 Å². The molecule has 17 heavy (non-hydrogen) atoms. The number of aromatic carboxylic acids is 1. The lowest BCUT2D eigenvalue weighted by Crippen LogP contribution is -2.38. The highest BCUT2D eigenvalue weighted by Gasteiger charge is 2.45. The van der Waals surface area contributed by atoms with E-state index in [0.717, 1.165) is 0 Å². The number of rotatable bonds is 4. The summed E-state index contributed by atoms with van der Waals surface area (Å²) in [5, 5.41) is 8.67. The topological polar surface area (TPSA) is 46.5 Å². The van der Waals surface area contributed by atoms with Crippen molar-refractivity contribution in [3.05, 3.63) is 29.8 Å². The van der Waals surface area contributed by atoms with E-state index >= 15 is 0 Å². The van der Waals surface area contributed by atoms with E-state index in [1.54, 1.807) is 0 Å². The maximum absolute atomic E-state index is 12.5. The SMILES string of the molecule is O=C(O)c1ccc(OCC2CC(F)(F)C2)cc1. The van der Waals surface area contributed by atoms with Crippen LogP contribution in [0.3, 0.4) is 0 Å². The van der Waals surface area contributed by atoms with Crippen LogP contribution in [0.25, 0.3) is 0 Å². The van der Waals surface area contributed by atoms with Crippen LogP contribution < -0.4 is 4.74 Å². The first kappa shape index (κ1) is 11.8. The molecule has 0 amide bonds. The molecule has 1 aliphatic rings. The summed E-state index contributed by atoms with van der Waals surface area (Å²) in [4.78, 5) is 10.6. The van der Waals surface area contributed by atoms with Gasteiger partial charge < -0.3 is 9.84 Å². The van der Waals surface area contributed by atoms with Gasteiger partial charge >= 0.3 is 5.97 Å². The molecule has 1 saturated carbocycles. The van der Waals surface area contributed by atoms with Gasteiger partial charge in [-0.3, -0.25) is 0 Å². The van der Waals surface area contributed by atoms with Gasteiger partial charge in [0.05, 0.1) is 12.2 Å². The summed E-state index contributed by atoms with van der Waals surface area (Å²) < 4.78 is 30.4. The van der Waals surface area contributed by atoms with Gasteiger partial charge in [0, 0.05) is 18.8 Å². The quantitative estimate of drug-likeness (QED) is 0.883. The van der Waals surface area contributed by atoms with Crippen molar-refractivity contribution in [3.8, 4) is 5.75 Å². The third-order valence-corrected chi connectivity index (χ3v) is 2.76. The number of alkyl halides is 2. The van der Waals surface area contributed by atoms with E-state index < -0.39 is 11.9 Å². The number of carbonyl (C=O) groups is 1. The van der Waals surface area contributed by atoms with E-state index in [9.17, 15) is 13.6 Å². The van der Waals surface area contributed by atoms with Crippen molar-refractivity contribution >= 4 is 5.97 Å². The fraction of sp³-hybridized carbons (Fsp3) is 0.417. The van der Waals surface area contributed by atoms with E-state index in [2.05, 4.69) is 0 Å². The second-order valence-electron chi connectivity index (χ2n) is 4.27. The Morgan fingerprint density at radius 2 is 1.94 bits per heavy atom. The van der Waals surface area contributed by atoms with Gasteiger partial charge in [0.25, 0.3) is 0 Å². The van der Waals surface area contributed by atoms with Crippen LogP contribution in [-0.2, 0) is 0 Å². The van der Waals surface area contributed by atoms with E-state index in [4.69, 9.17) is 9.84 Å². The first-order chi connectivity index (χ1) is 7.96. The molecule has 0 atom stereocenters. The van der Waals surface area contributed by atoms with Gasteiger partial charge in [0.2, 0.25) is 5.92 Å². The molecular formula is C12H12F2O3. The summed E-state index contributed by atoms with van der Waals surface area (Å²) in [6.45, 7) is 0.252. The highest BCUT2D eigenvalue weighted by molar-refractivity contribution is 5.87. The Labute approximate surface area is 97.0 Å². The van der Waals surface area contributed by atoms with Crippen molar-refractivity contribution in [1.29, 1.82) is 0 Å². The molecule has 0 unspecified atom stereocenters. The van der Waals surface area contributed by atoms with Crippen LogP contribution in [0.15, 0.2) is 24.3 Å². The number of halogens is 2. The van der Waals surface area contributed by atoms with Crippen molar-refractivity contribution < 1.29 is 23.4 Å². The summed E-state index contributed by atoms with van der Waals surface area (Å²) in [5.74, 6) is -3.13. The molecule has 92 valence electrons. The van der Waals surface area contributed by atoms with Crippen LogP contribution in [0.1, 0.15) is 23.2 Å². The molecule has 5 heteroatoms. The van der Waals surface area contributed by atoms with Crippen LogP contribution in [-0.4, -0.2) is 23.6 Å². The predicted molar refractivity (Wildman–Crippen MR) is 56.6 cm³/mol. The largest absolute Gasteiger partial charge is 0.493 e. The Hall–Kier alpha value is -1.65. The standard InChI is InChI=1S/C12H12F2O3/c13-12(14)5-8(6-12)7-17-10-3-1-9(2-4-10)11(15)16/h1-4,8H,5-7H2,(H,15,16). The highest BCUT2D eigenvalue weighted by atomic mass is 19.3. The second kappa shape index (κ2) is 4.31. The zero-order valence-electron chi connectivity index (χ0n) is 9.03. The molecule has 1 aromatic carbocycles. The van der Waals surface area contributed by atoms with Crippen LogP contribution in [0.2, 0.25) is 0 Å². The van der Waals surface area contributed by atoms with E-state index in [1.165, 1.54) is 24.3 Å². The molecule has 0 bridgehead atoms. The Morgan fingerprint density at radius 3 is 2.41 bits per heavy atom. The molecule has 1 aliphatic carbocycles. The fourth-order valence-corrected chi connectivity index (χ4v) is 1.81. The molecule has 1 aromatic rings. The molecular weight excluding hydrogens is 230 g/mol. The van der Waals surface area contributed by atoms with Gasteiger partial charge in [-0.15, -0.1) is 0 Å². The third-order valence-electron chi connectivity index (χ3n) is 2.76. The highest BCUT2D eigenvalue weighted by Crippen LogP contribution is 2.42. The monoisotopic (exact) mass is 242 g/mol. The summed E-state index contributed by atoms with van der Waals surface area (Å²) >= 11 is 0. The molecule has 0 aromatic heterocycles. The Morgan fingerprint density at radius 1 is 1.35 bits per heavy atom. The lowest BCUT2D eigenvalue weighted by atomic mass is 9.82.